The van der Waals surface area contributed by atoms with Gasteiger partial charge in [-0.1, -0.05) is 25.4 Å². The Bertz CT molecular complexity index is 691. The molecule has 100 valence electrons. The Balaban J connectivity index is 2.66. The first-order valence-corrected chi connectivity index (χ1v) is 6.41. The SMILES string of the molecule is CC(C)c1n[nH]c(=S)n1-c1ccc(Cl)c(C(=O)O)c1. The number of H-pyrrole nitrogens is 1. The Kier molecular flexibility index (Phi) is 3.73. The van der Waals surface area contributed by atoms with Gasteiger partial charge in [0.25, 0.3) is 0 Å². The lowest BCUT2D eigenvalue weighted by atomic mass is 10.1. The highest BCUT2D eigenvalue weighted by atomic mass is 35.5. The number of rotatable bonds is 3. The van der Waals surface area contributed by atoms with Crippen molar-refractivity contribution in [1.82, 2.24) is 14.8 Å². The maximum Gasteiger partial charge on any atom is 0.337 e. The summed E-state index contributed by atoms with van der Waals surface area (Å²) in [6.07, 6.45) is 0. The molecule has 0 saturated heterocycles. The predicted octanol–water partition coefficient (Wildman–Crippen LogP) is 3.40. The van der Waals surface area contributed by atoms with Crippen LogP contribution in [0.4, 0.5) is 0 Å². The number of halogens is 1. The molecule has 0 fully saturated rings. The molecule has 0 aliphatic carbocycles. The lowest BCUT2D eigenvalue weighted by Crippen LogP contribution is -2.05. The van der Waals surface area contributed by atoms with Crippen LogP contribution in [-0.2, 0) is 0 Å². The van der Waals surface area contributed by atoms with E-state index in [1.54, 1.807) is 16.7 Å². The van der Waals surface area contributed by atoms with E-state index in [-0.39, 0.29) is 16.5 Å². The fourth-order valence-electron chi connectivity index (χ4n) is 1.76. The molecule has 19 heavy (non-hydrogen) atoms. The average Bonchev–Trinajstić information content (AvgIpc) is 2.71. The number of nitrogens with one attached hydrogen (secondary N) is 1. The zero-order valence-corrected chi connectivity index (χ0v) is 11.9. The summed E-state index contributed by atoms with van der Waals surface area (Å²) in [7, 11) is 0. The van der Waals surface area contributed by atoms with Gasteiger partial charge >= 0.3 is 5.97 Å². The Hall–Kier alpha value is -1.66. The molecule has 2 rings (SSSR count). The second kappa shape index (κ2) is 5.14. The normalized spacial score (nSPS) is 10.9. The summed E-state index contributed by atoms with van der Waals surface area (Å²) >= 11 is 11.0. The molecule has 1 aromatic heterocycles. The number of aromatic carboxylic acids is 1. The molecule has 7 heteroatoms. The summed E-state index contributed by atoms with van der Waals surface area (Å²) in [6, 6.07) is 4.74. The Morgan fingerprint density at radius 1 is 1.53 bits per heavy atom. The van der Waals surface area contributed by atoms with Crippen molar-refractivity contribution < 1.29 is 9.90 Å². The lowest BCUT2D eigenvalue weighted by molar-refractivity contribution is 0.0697. The molecule has 1 aromatic carbocycles. The smallest absolute Gasteiger partial charge is 0.337 e. The number of hydrogen-bond donors (Lipinski definition) is 2. The van der Waals surface area contributed by atoms with E-state index in [4.69, 9.17) is 28.9 Å². The number of aromatic nitrogens is 3. The summed E-state index contributed by atoms with van der Waals surface area (Å²) in [5.74, 6) is -0.187. The van der Waals surface area contributed by atoms with Gasteiger partial charge in [0.1, 0.15) is 5.82 Å². The zero-order chi connectivity index (χ0) is 14.2. The predicted molar refractivity (Wildman–Crippen MR) is 74.8 cm³/mol. The van der Waals surface area contributed by atoms with E-state index in [1.165, 1.54) is 6.07 Å². The molecule has 0 aliphatic heterocycles. The van der Waals surface area contributed by atoms with Crippen LogP contribution >= 0.6 is 23.8 Å². The zero-order valence-electron chi connectivity index (χ0n) is 10.3. The van der Waals surface area contributed by atoms with Gasteiger partial charge in [0.05, 0.1) is 16.3 Å². The summed E-state index contributed by atoms with van der Waals surface area (Å²) in [4.78, 5) is 11.1. The number of carboxylic acids is 1. The highest BCUT2D eigenvalue weighted by Gasteiger charge is 2.15. The molecule has 0 spiro atoms. The van der Waals surface area contributed by atoms with Crippen LogP contribution in [0.25, 0.3) is 5.69 Å². The van der Waals surface area contributed by atoms with Gasteiger partial charge in [0.2, 0.25) is 0 Å². The van der Waals surface area contributed by atoms with Crippen molar-refractivity contribution in [3.63, 3.8) is 0 Å². The molecule has 1 heterocycles. The van der Waals surface area contributed by atoms with E-state index in [2.05, 4.69) is 10.2 Å². The Labute approximate surface area is 119 Å². The first-order valence-electron chi connectivity index (χ1n) is 5.62. The molecule has 0 amide bonds. The molecular weight excluding hydrogens is 286 g/mol. The van der Waals surface area contributed by atoms with Crippen molar-refractivity contribution in [3.8, 4) is 5.69 Å². The fourth-order valence-corrected chi connectivity index (χ4v) is 2.21. The molecule has 0 unspecified atom stereocenters. The number of carboxylic acid groups (broad SMARTS) is 1. The third kappa shape index (κ3) is 2.54. The summed E-state index contributed by atoms with van der Waals surface area (Å²) in [6.45, 7) is 3.96. The maximum atomic E-state index is 11.1. The van der Waals surface area contributed by atoms with Crippen molar-refractivity contribution in [1.29, 1.82) is 0 Å². The average molecular weight is 298 g/mol. The Morgan fingerprint density at radius 2 is 2.21 bits per heavy atom. The fraction of sp³-hybridized carbons (Fsp3) is 0.250. The number of hydrogen-bond acceptors (Lipinski definition) is 3. The molecule has 2 aromatic rings. The first-order chi connectivity index (χ1) is 8.91. The van der Waals surface area contributed by atoms with Crippen LogP contribution < -0.4 is 0 Å². The van der Waals surface area contributed by atoms with Crippen molar-refractivity contribution >= 4 is 29.8 Å². The molecule has 0 aliphatic rings. The minimum atomic E-state index is -1.08. The second-order valence-corrected chi connectivity index (χ2v) is 5.14. The van der Waals surface area contributed by atoms with E-state index in [0.717, 1.165) is 5.82 Å². The molecule has 0 saturated carbocycles. The van der Waals surface area contributed by atoms with Crippen LogP contribution in [0.2, 0.25) is 5.02 Å². The van der Waals surface area contributed by atoms with Gasteiger partial charge in [-0.05, 0) is 30.4 Å². The highest BCUT2D eigenvalue weighted by Crippen LogP contribution is 2.23. The number of aromatic amines is 1. The first kappa shape index (κ1) is 13.8. The number of carbonyl (C=O) groups is 1. The molecule has 0 atom stereocenters. The quantitative estimate of drug-likeness (QED) is 0.852. The van der Waals surface area contributed by atoms with Crippen LogP contribution in [0.1, 0.15) is 35.9 Å². The van der Waals surface area contributed by atoms with Gasteiger partial charge in [-0.15, -0.1) is 0 Å². The highest BCUT2D eigenvalue weighted by molar-refractivity contribution is 7.71. The van der Waals surface area contributed by atoms with Gasteiger partial charge in [-0.3, -0.25) is 9.67 Å². The van der Waals surface area contributed by atoms with Gasteiger partial charge in [0.15, 0.2) is 4.77 Å². The maximum absolute atomic E-state index is 11.1. The van der Waals surface area contributed by atoms with Crippen LogP contribution in [0.5, 0.6) is 0 Å². The van der Waals surface area contributed by atoms with Crippen LogP contribution in [0, 0.1) is 4.77 Å². The summed E-state index contributed by atoms with van der Waals surface area (Å²) < 4.78 is 2.13. The minimum absolute atomic E-state index is 0.0389. The van der Waals surface area contributed by atoms with E-state index >= 15 is 0 Å². The van der Waals surface area contributed by atoms with E-state index in [1.807, 2.05) is 13.8 Å². The van der Waals surface area contributed by atoms with Gasteiger partial charge < -0.3 is 5.11 Å². The third-order valence-corrected chi connectivity index (χ3v) is 3.26. The summed E-state index contributed by atoms with van der Waals surface area (Å²) in [5.41, 5.74) is 0.668. The lowest BCUT2D eigenvalue weighted by Gasteiger charge is -2.10. The van der Waals surface area contributed by atoms with Crippen LogP contribution in [0.3, 0.4) is 0 Å². The number of benzene rings is 1. The molecule has 0 radical (unpaired) electrons. The topological polar surface area (TPSA) is 70.9 Å². The third-order valence-electron chi connectivity index (χ3n) is 2.65. The van der Waals surface area contributed by atoms with Crippen LogP contribution in [-0.4, -0.2) is 25.8 Å². The van der Waals surface area contributed by atoms with Gasteiger partial charge in [0, 0.05) is 5.92 Å². The molecular formula is C12H12ClN3O2S. The molecule has 2 N–H and O–H groups in total. The van der Waals surface area contributed by atoms with Crippen molar-refractivity contribution in [2.45, 2.75) is 19.8 Å². The summed E-state index contributed by atoms with van der Waals surface area (Å²) in [5, 5.41) is 16.2. The largest absolute Gasteiger partial charge is 0.478 e. The standard InChI is InChI=1S/C12H12ClN3O2S/c1-6(2)10-14-15-12(19)16(10)7-3-4-9(13)8(5-7)11(17)18/h3-6H,1-2H3,(H,15,19)(H,17,18). The van der Waals surface area contributed by atoms with E-state index in [9.17, 15) is 4.79 Å². The van der Waals surface area contributed by atoms with Crippen molar-refractivity contribution in [3.05, 3.63) is 39.4 Å². The minimum Gasteiger partial charge on any atom is -0.478 e. The molecule has 0 bridgehead atoms. The second-order valence-electron chi connectivity index (χ2n) is 4.35. The van der Waals surface area contributed by atoms with Crippen molar-refractivity contribution in [2.75, 3.05) is 0 Å². The monoisotopic (exact) mass is 297 g/mol. The van der Waals surface area contributed by atoms with E-state index in [0.29, 0.717) is 10.5 Å². The van der Waals surface area contributed by atoms with E-state index < -0.39 is 5.97 Å². The Morgan fingerprint density at radius 3 is 2.79 bits per heavy atom. The van der Waals surface area contributed by atoms with Gasteiger partial charge in [-0.25, -0.2) is 4.79 Å². The van der Waals surface area contributed by atoms with Crippen LogP contribution in [0.15, 0.2) is 18.2 Å². The number of nitrogens with zero attached hydrogens (tertiary/aromatic N) is 2. The molecule has 5 nitrogen and oxygen atoms in total. The van der Waals surface area contributed by atoms with Crippen molar-refractivity contribution in [2.24, 2.45) is 0 Å². The van der Waals surface area contributed by atoms with Gasteiger partial charge in [-0.2, -0.15) is 5.10 Å².